The van der Waals surface area contributed by atoms with Gasteiger partial charge in [0.15, 0.2) is 0 Å². The minimum Gasteiger partial charge on any atom is -1.00 e. The van der Waals surface area contributed by atoms with Gasteiger partial charge in [-0.15, -0.1) is 0 Å². The first-order chi connectivity index (χ1) is 3.71. The van der Waals surface area contributed by atoms with Crippen molar-refractivity contribution >= 4 is 15.6 Å². The fourth-order valence-electron chi connectivity index (χ4n) is 0.139. The molecular weight excluding hydrogens is 248 g/mol. The first-order valence-electron chi connectivity index (χ1n) is 1.53. The van der Waals surface area contributed by atoms with Crippen LogP contribution in [0.2, 0.25) is 0 Å². The molecule has 0 aromatic carbocycles. The Hall–Kier alpha value is 1.84. The molecule has 0 aromatic rings. The quantitative estimate of drug-likeness (QED) is 0.295. The minimum atomic E-state index is -5.05. The van der Waals surface area contributed by atoms with Gasteiger partial charge in [0.2, 0.25) is 0 Å². The molecule has 0 fully saturated rings. The molecule has 0 heterocycles. The average molecular weight is 253 g/mol. The van der Waals surface area contributed by atoms with Crippen LogP contribution in [-0.4, -0.2) is 19.6 Å². The Bertz CT molecular complexity index is 162. The third-order valence-corrected chi connectivity index (χ3v) is 1.91. The second kappa shape index (κ2) is 6.32. The van der Waals surface area contributed by atoms with Crippen molar-refractivity contribution in [2.75, 3.05) is 0 Å². The predicted octanol–water partition coefficient (Wildman–Crippen LogP) is -3.70. The summed E-state index contributed by atoms with van der Waals surface area (Å²) in [5.41, 5.74) is 0. The van der Waals surface area contributed by atoms with Gasteiger partial charge >= 0.3 is 45.2 Å². The van der Waals surface area contributed by atoms with Crippen molar-refractivity contribution in [3.63, 3.8) is 0 Å². The Morgan fingerprint density at radius 2 is 1.18 bits per heavy atom. The first kappa shape index (κ1) is 18.6. The van der Waals surface area contributed by atoms with Crippen LogP contribution in [0.15, 0.2) is 0 Å². The second-order valence-electron chi connectivity index (χ2n) is 1.06. The zero-order chi connectivity index (χ0) is 7.71. The second-order valence-corrected chi connectivity index (χ2v) is 3.68. The van der Waals surface area contributed by atoms with Gasteiger partial charge < -0.3 is 21.0 Å². The SMILES string of the molecule is O=P(O)(O)OP(=O)(O)O.[H-].[Na+].[V]. The van der Waals surface area contributed by atoms with Crippen LogP contribution >= 0.6 is 15.6 Å². The average Bonchev–Trinajstić information content (AvgIpc) is 1.14. The van der Waals surface area contributed by atoms with Crippen molar-refractivity contribution in [3.05, 3.63) is 0 Å². The van der Waals surface area contributed by atoms with Gasteiger partial charge in [-0.1, -0.05) is 0 Å². The minimum absolute atomic E-state index is 0. The molecule has 0 saturated heterocycles. The standard InChI is InChI=1S/Na.H4O7P2.V.H/c;1-8(2,3)7-9(4,5)6;;/h;(H2,1,2,3)(H2,4,5,6);;/q+1;;;-1. The molecule has 0 unspecified atom stereocenters. The van der Waals surface area contributed by atoms with Gasteiger partial charge in [-0.2, -0.15) is 4.31 Å². The molecule has 0 amide bonds. The number of hydrogen-bond donors (Lipinski definition) is 4. The maximum absolute atomic E-state index is 9.63. The summed E-state index contributed by atoms with van der Waals surface area (Å²) in [6.07, 6.45) is 0. The van der Waals surface area contributed by atoms with Gasteiger partial charge in [0.25, 0.3) is 0 Å². The Morgan fingerprint density at radius 3 is 1.18 bits per heavy atom. The van der Waals surface area contributed by atoms with Crippen LogP contribution in [0.4, 0.5) is 0 Å². The maximum atomic E-state index is 9.63. The third-order valence-electron chi connectivity index (χ3n) is 0.213. The molecule has 0 aliphatic heterocycles. The Labute approximate surface area is 97.7 Å². The molecule has 63 valence electrons. The van der Waals surface area contributed by atoms with Gasteiger partial charge in [0, 0.05) is 18.6 Å². The molecule has 0 bridgehead atoms. The van der Waals surface area contributed by atoms with Crippen LogP contribution in [0.25, 0.3) is 0 Å². The van der Waals surface area contributed by atoms with Crippen LogP contribution in [0.5, 0.6) is 0 Å². The summed E-state index contributed by atoms with van der Waals surface area (Å²) in [4.78, 5) is 31.0. The van der Waals surface area contributed by atoms with E-state index in [-0.39, 0.29) is 49.5 Å². The molecule has 1 radical (unpaired) electrons. The molecular formula is H5NaO7P2V. The number of phosphoric acid groups is 2. The summed E-state index contributed by atoms with van der Waals surface area (Å²) < 4.78 is 22.2. The zero-order valence-corrected chi connectivity index (χ0v) is 10.5. The summed E-state index contributed by atoms with van der Waals surface area (Å²) in [6.45, 7) is 0. The van der Waals surface area contributed by atoms with Crippen LogP contribution < -0.4 is 29.6 Å². The van der Waals surface area contributed by atoms with Crippen molar-refractivity contribution in [1.29, 1.82) is 0 Å². The molecule has 0 aliphatic carbocycles. The van der Waals surface area contributed by atoms with Crippen molar-refractivity contribution in [2.45, 2.75) is 0 Å². The largest absolute Gasteiger partial charge is 1.00 e. The van der Waals surface area contributed by atoms with E-state index in [9.17, 15) is 9.13 Å². The normalized spacial score (nSPS) is 11.3. The molecule has 0 aromatic heterocycles. The van der Waals surface area contributed by atoms with Gasteiger partial charge in [0.05, 0.1) is 0 Å². The van der Waals surface area contributed by atoms with E-state index in [4.69, 9.17) is 19.6 Å². The van der Waals surface area contributed by atoms with E-state index < -0.39 is 15.6 Å². The summed E-state index contributed by atoms with van der Waals surface area (Å²) in [5, 5.41) is 0. The molecule has 0 spiro atoms. The van der Waals surface area contributed by atoms with E-state index in [1.165, 1.54) is 0 Å². The van der Waals surface area contributed by atoms with Crippen molar-refractivity contribution in [2.24, 2.45) is 0 Å². The molecule has 11 heteroatoms. The van der Waals surface area contributed by atoms with Gasteiger partial charge in [-0.05, 0) is 0 Å². The van der Waals surface area contributed by atoms with E-state index in [2.05, 4.69) is 4.31 Å². The summed E-state index contributed by atoms with van der Waals surface area (Å²) in [5.74, 6) is 0. The summed E-state index contributed by atoms with van der Waals surface area (Å²) in [7, 11) is -10.1. The fourth-order valence-corrected chi connectivity index (χ4v) is 1.25. The molecule has 0 saturated carbocycles. The molecule has 11 heavy (non-hydrogen) atoms. The molecule has 4 N–H and O–H groups in total. The zero-order valence-electron chi connectivity index (χ0n) is 6.36. The van der Waals surface area contributed by atoms with E-state index in [1.807, 2.05) is 0 Å². The van der Waals surface area contributed by atoms with Crippen molar-refractivity contribution in [3.8, 4) is 0 Å². The van der Waals surface area contributed by atoms with Gasteiger partial charge in [-0.3, -0.25) is 0 Å². The third kappa shape index (κ3) is 18.7. The Morgan fingerprint density at radius 1 is 1.00 bits per heavy atom. The monoisotopic (exact) mass is 253 g/mol. The molecule has 0 rings (SSSR count). The fraction of sp³-hybridized carbons (Fsp3) is 0. The Kier molecular flexibility index (Phi) is 10.7. The van der Waals surface area contributed by atoms with E-state index >= 15 is 0 Å². The van der Waals surface area contributed by atoms with E-state index in [0.717, 1.165) is 0 Å². The van der Waals surface area contributed by atoms with Crippen LogP contribution in [-0.2, 0) is 32.0 Å². The smallest absolute Gasteiger partial charge is 1.00 e. The topological polar surface area (TPSA) is 124 Å². The van der Waals surface area contributed by atoms with Gasteiger partial charge in [0.1, 0.15) is 0 Å². The van der Waals surface area contributed by atoms with E-state index in [0.29, 0.717) is 0 Å². The first-order valence-corrected chi connectivity index (χ1v) is 4.59. The summed E-state index contributed by atoms with van der Waals surface area (Å²) in [6, 6.07) is 0. The molecule has 7 nitrogen and oxygen atoms in total. The number of rotatable bonds is 2. The number of hydrogen-bond acceptors (Lipinski definition) is 3. The van der Waals surface area contributed by atoms with Crippen LogP contribution in [0.1, 0.15) is 1.43 Å². The maximum Gasteiger partial charge on any atom is 1.00 e. The van der Waals surface area contributed by atoms with Crippen molar-refractivity contribution in [1.82, 2.24) is 0 Å². The van der Waals surface area contributed by atoms with Crippen LogP contribution in [0.3, 0.4) is 0 Å². The molecule has 0 aliphatic rings. The van der Waals surface area contributed by atoms with Gasteiger partial charge in [-0.25, -0.2) is 9.13 Å². The Balaban J connectivity index is -0.000000107. The van der Waals surface area contributed by atoms with Crippen molar-refractivity contribution < 1.29 is 82.6 Å². The summed E-state index contributed by atoms with van der Waals surface area (Å²) >= 11 is 0. The predicted molar refractivity (Wildman–Crippen MR) is 26.3 cm³/mol. The molecule has 0 atom stereocenters. The van der Waals surface area contributed by atoms with E-state index in [1.54, 1.807) is 0 Å². The van der Waals surface area contributed by atoms with Crippen LogP contribution in [0, 0.1) is 0 Å².